The van der Waals surface area contributed by atoms with Gasteiger partial charge in [-0.2, -0.15) is 9.36 Å². The molecule has 0 saturated heterocycles. The second-order valence-electron chi connectivity index (χ2n) is 4.17. The summed E-state index contributed by atoms with van der Waals surface area (Å²) in [5, 5.41) is 4.14. The summed E-state index contributed by atoms with van der Waals surface area (Å²) in [5.41, 5.74) is 5.47. The molecule has 1 heterocycles. The quantitative estimate of drug-likeness (QED) is 0.746. The van der Waals surface area contributed by atoms with Crippen molar-refractivity contribution in [3.8, 4) is 0 Å². The maximum atomic E-state index is 5.47. The highest BCUT2D eigenvalue weighted by atomic mass is 32.1. The van der Waals surface area contributed by atoms with E-state index in [0.29, 0.717) is 12.0 Å². The lowest BCUT2D eigenvalue weighted by Gasteiger charge is -2.19. The Morgan fingerprint density at radius 2 is 2.12 bits per heavy atom. The zero-order valence-corrected chi connectivity index (χ0v) is 11.8. The first kappa shape index (κ1) is 14.2. The lowest BCUT2D eigenvalue weighted by atomic mass is 10.2. The molecule has 5 nitrogen and oxygen atoms in total. The van der Waals surface area contributed by atoms with Crippen molar-refractivity contribution >= 4 is 22.6 Å². The highest BCUT2D eigenvalue weighted by Gasteiger charge is 2.06. The number of anilines is 2. The minimum Gasteiger partial charge on any atom is -0.367 e. The molecule has 0 bridgehead atoms. The Kier molecular flexibility index (Phi) is 6.21. The highest BCUT2D eigenvalue weighted by Crippen LogP contribution is 2.14. The summed E-state index contributed by atoms with van der Waals surface area (Å²) >= 11 is 1.32. The van der Waals surface area contributed by atoms with Gasteiger partial charge in [-0.3, -0.25) is 0 Å². The maximum Gasteiger partial charge on any atom is 0.233 e. The van der Waals surface area contributed by atoms with Crippen LogP contribution in [0.25, 0.3) is 0 Å². The number of nitrogens with one attached hydrogen (secondary N) is 1. The summed E-state index contributed by atoms with van der Waals surface area (Å²) in [5.74, 6) is 0.354. The minimum atomic E-state index is 0.354. The first-order valence-corrected chi connectivity index (χ1v) is 7.01. The van der Waals surface area contributed by atoms with Crippen LogP contribution in [-0.2, 0) is 0 Å². The molecule has 0 spiro atoms. The average Bonchev–Trinajstić information content (AvgIpc) is 2.70. The van der Waals surface area contributed by atoms with Gasteiger partial charge in [-0.15, -0.1) is 0 Å². The fraction of sp³-hybridized carbons (Fsp3) is 0.818. The van der Waals surface area contributed by atoms with Gasteiger partial charge < -0.3 is 16.0 Å². The van der Waals surface area contributed by atoms with Gasteiger partial charge in [0.25, 0.3) is 0 Å². The molecule has 98 valence electrons. The van der Waals surface area contributed by atoms with Gasteiger partial charge in [-0.05, 0) is 39.4 Å². The maximum absolute atomic E-state index is 5.47. The number of nitrogens with two attached hydrogens (primary N) is 1. The molecule has 1 atom stereocenters. The molecule has 0 fully saturated rings. The zero-order valence-electron chi connectivity index (χ0n) is 10.9. The number of aromatic nitrogens is 2. The Morgan fingerprint density at radius 1 is 1.41 bits per heavy atom. The SMILES string of the molecule is CCN(CC)CCCC(C)Nc1nc(N)ns1. The van der Waals surface area contributed by atoms with Crippen LogP contribution in [0.5, 0.6) is 0 Å². The van der Waals surface area contributed by atoms with E-state index in [1.165, 1.54) is 18.0 Å². The number of nitrogens with zero attached hydrogens (tertiary/aromatic N) is 3. The molecule has 17 heavy (non-hydrogen) atoms. The number of nitrogen functional groups attached to an aromatic ring is 1. The van der Waals surface area contributed by atoms with E-state index in [1.807, 2.05) is 0 Å². The standard InChI is InChI=1S/C11H23N5S/c1-4-16(5-2)8-6-7-9(3)13-11-14-10(12)15-17-11/h9H,4-8H2,1-3H3,(H3,12,13,14,15). The summed E-state index contributed by atoms with van der Waals surface area (Å²) in [4.78, 5) is 6.53. The van der Waals surface area contributed by atoms with E-state index in [4.69, 9.17) is 5.73 Å². The van der Waals surface area contributed by atoms with Gasteiger partial charge in [0.05, 0.1) is 0 Å². The lowest BCUT2D eigenvalue weighted by molar-refractivity contribution is 0.295. The van der Waals surface area contributed by atoms with Crippen molar-refractivity contribution in [2.75, 3.05) is 30.7 Å². The van der Waals surface area contributed by atoms with Crippen molar-refractivity contribution in [1.82, 2.24) is 14.3 Å². The van der Waals surface area contributed by atoms with Gasteiger partial charge in [0.1, 0.15) is 0 Å². The van der Waals surface area contributed by atoms with Crippen LogP contribution in [0, 0.1) is 0 Å². The van der Waals surface area contributed by atoms with Gasteiger partial charge in [-0.1, -0.05) is 13.8 Å². The highest BCUT2D eigenvalue weighted by molar-refractivity contribution is 7.09. The average molecular weight is 257 g/mol. The van der Waals surface area contributed by atoms with Gasteiger partial charge >= 0.3 is 0 Å². The Hall–Kier alpha value is -0.880. The van der Waals surface area contributed by atoms with Crippen LogP contribution in [0.1, 0.15) is 33.6 Å². The second-order valence-corrected chi connectivity index (χ2v) is 4.92. The number of hydrogen-bond donors (Lipinski definition) is 2. The van der Waals surface area contributed by atoms with E-state index in [0.717, 1.165) is 31.2 Å². The predicted octanol–water partition coefficient (Wildman–Crippen LogP) is 2.04. The zero-order chi connectivity index (χ0) is 12.7. The molecule has 3 N–H and O–H groups in total. The lowest BCUT2D eigenvalue weighted by Crippen LogP contribution is -2.25. The topological polar surface area (TPSA) is 67.1 Å². The minimum absolute atomic E-state index is 0.354. The van der Waals surface area contributed by atoms with Crippen LogP contribution in [-0.4, -0.2) is 39.9 Å². The number of rotatable bonds is 8. The summed E-state index contributed by atoms with van der Waals surface area (Å²) < 4.78 is 3.94. The van der Waals surface area contributed by atoms with Crippen molar-refractivity contribution < 1.29 is 0 Å². The molecule has 1 rings (SSSR count). The van der Waals surface area contributed by atoms with Crippen molar-refractivity contribution in [2.45, 2.75) is 39.7 Å². The molecule has 0 saturated carbocycles. The third-order valence-electron chi connectivity index (χ3n) is 2.82. The summed E-state index contributed by atoms with van der Waals surface area (Å²) in [6, 6.07) is 0.415. The normalized spacial score (nSPS) is 12.9. The number of hydrogen-bond acceptors (Lipinski definition) is 6. The monoisotopic (exact) mass is 257 g/mol. The molecule has 0 aliphatic carbocycles. The molecule has 0 radical (unpaired) electrons. The van der Waals surface area contributed by atoms with E-state index >= 15 is 0 Å². The van der Waals surface area contributed by atoms with Gasteiger partial charge in [0.2, 0.25) is 11.1 Å². The Balaban J connectivity index is 2.19. The Bertz CT molecular complexity index is 311. The van der Waals surface area contributed by atoms with Crippen molar-refractivity contribution in [3.63, 3.8) is 0 Å². The third kappa shape index (κ3) is 5.32. The molecular formula is C11H23N5S. The van der Waals surface area contributed by atoms with Gasteiger partial charge in [-0.25, -0.2) is 0 Å². The van der Waals surface area contributed by atoms with Crippen molar-refractivity contribution in [3.05, 3.63) is 0 Å². The fourth-order valence-corrected chi connectivity index (χ4v) is 2.35. The Morgan fingerprint density at radius 3 is 2.65 bits per heavy atom. The van der Waals surface area contributed by atoms with E-state index in [9.17, 15) is 0 Å². The van der Waals surface area contributed by atoms with Crippen LogP contribution in [0.2, 0.25) is 0 Å². The Labute approximate surface area is 108 Å². The van der Waals surface area contributed by atoms with Crippen LogP contribution >= 0.6 is 11.5 Å². The second kappa shape index (κ2) is 7.45. The molecule has 6 heteroatoms. The first-order valence-electron chi connectivity index (χ1n) is 6.23. The molecular weight excluding hydrogens is 234 g/mol. The fourth-order valence-electron chi connectivity index (χ4n) is 1.74. The van der Waals surface area contributed by atoms with Crippen molar-refractivity contribution in [2.24, 2.45) is 0 Å². The molecule has 0 aromatic carbocycles. The summed E-state index contributed by atoms with van der Waals surface area (Å²) in [6.45, 7) is 10.00. The molecule has 0 aliphatic rings. The molecule has 0 amide bonds. The van der Waals surface area contributed by atoms with Crippen LogP contribution in [0.3, 0.4) is 0 Å². The molecule has 1 aromatic rings. The smallest absolute Gasteiger partial charge is 0.233 e. The van der Waals surface area contributed by atoms with Crippen LogP contribution < -0.4 is 11.1 Å². The van der Waals surface area contributed by atoms with Crippen LogP contribution in [0.15, 0.2) is 0 Å². The largest absolute Gasteiger partial charge is 0.367 e. The van der Waals surface area contributed by atoms with E-state index in [-0.39, 0.29) is 0 Å². The van der Waals surface area contributed by atoms with Gasteiger partial charge in [0.15, 0.2) is 0 Å². The summed E-state index contributed by atoms with van der Waals surface area (Å²) in [6.07, 6.45) is 2.33. The van der Waals surface area contributed by atoms with E-state index in [2.05, 4.69) is 40.3 Å². The first-order chi connectivity index (χ1) is 8.15. The predicted molar refractivity (Wildman–Crippen MR) is 74.4 cm³/mol. The molecule has 1 unspecified atom stereocenters. The van der Waals surface area contributed by atoms with Crippen LogP contribution in [0.4, 0.5) is 11.1 Å². The van der Waals surface area contributed by atoms with E-state index in [1.54, 1.807) is 0 Å². The molecule has 1 aromatic heterocycles. The summed E-state index contributed by atoms with van der Waals surface area (Å²) in [7, 11) is 0. The van der Waals surface area contributed by atoms with Gasteiger partial charge in [0, 0.05) is 17.6 Å². The van der Waals surface area contributed by atoms with Crippen molar-refractivity contribution in [1.29, 1.82) is 0 Å². The van der Waals surface area contributed by atoms with E-state index < -0.39 is 0 Å². The third-order valence-corrected chi connectivity index (χ3v) is 3.48. The molecule has 0 aliphatic heterocycles.